The van der Waals surface area contributed by atoms with Crippen molar-refractivity contribution in [3.63, 3.8) is 0 Å². The van der Waals surface area contributed by atoms with Crippen LogP contribution in [0.25, 0.3) is 11.1 Å². The Morgan fingerprint density at radius 3 is 2.41 bits per heavy atom. The topological polar surface area (TPSA) is 63.6 Å². The van der Waals surface area contributed by atoms with Gasteiger partial charge >= 0.3 is 11.9 Å². The maximum Gasteiger partial charge on any atom is 0.341 e. The number of halogens is 2. The van der Waals surface area contributed by atoms with E-state index in [1.54, 1.807) is 6.92 Å². The Morgan fingerprint density at radius 1 is 1.09 bits per heavy atom. The Bertz CT molecular complexity index is 741. The molecule has 4 nitrogen and oxygen atoms in total. The lowest BCUT2D eigenvalue weighted by Gasteiger charge is -2.08. The van der Waals surface area contributed by atoms with Gasteiger partial charge in [0, 0.05) is 5.56 Å². The largest absolute Gasteiger partial charge is 0.478 e. The first-order valence-electron chi connectivity index (χ1n) is 6.44. The SMILES string of the molecule is CCOC(=O)c1ccc(-c2cc(C(=O)O)ccc2F)cc1F. The van der Waals surface area contributed by atoms with E-state index < -0.39 is 23.6 Å². The zero-order valence-corrected chi connectivity index (χ0v) is 11.6. The van der Waals surface area contributed by atoms with Crippen LogP contribution in [0.4, 0.5) is 8.78 Å². The summed E-state index contributed by atoms with van der Waals surface area (Å²) in [6.07, 6.45) is 0. The summed E-state index contributed by atoms with van der Waals surface area (Å²) in [7, 11) is 0. The highest BCUT2D eigenvalue weighted by atomic mass is 19.1. The highest BCUT2D eigenvalue weighted by Gasteiger charge is 2.16. The van der Waals surface area contributed by atoms with Crippen molar-refractivity contribution in [1.82, 2.24) is 0 Å². The Labute approximate surface area is 125 Å². The number of carboxylic acid groups (broad SMARTS) is 1. The van der Waals surface area contributed by atoms with Crippen molar-refractivity contribution in [2.24, 2.45) is 0 Å². The molecule has 0 unspecified atom stereocenters. The first-order chi connectivity index (χ1) is 10.4. The van der Waals surface area contributed by atoms with Crippen LogP contribution in [0.15, 0.2) is 36.4 Å². The van der Waals surface area contributed by atoms with Crippen LogP contribution in [0.3, 0.4) is 0 Å². The third-order valence-corrected chi connectivity index (χ3v) is 2.99. The third-order valence-electron chi connectivity index (χ3n) is 2.99. The van der Waals surface area contributed by atoms with Gasteiger partial charge in [-0.1, -0.05) is 6.07 Å². The molecule has 0 aliphatic carbocycles. The fourth-order valence-corrected chi connectivity index (χ4v) is 1.94. The normalized spacial score (nSPS) is 10.3. The average molecular weight is 306 g/mol. The molecule has 1 N–H and O–H groups in total. The first-order valence-corrected chi connectivity index (χ1v) is 6.44. The first kappa shape index (κ1) is 15.6. The maximum atomic E-state index is 14.0. The zero-order valence-electron chi connectivity index (χ0n) is 11.6. The molecule has 2 aromatic rings. The molecule has 0 spiro atoms. The molecular weight excluding hydrogens is 294 g/mol. The molecule has 0 radical (unpaired) electrons. The summed E-state index contributed by atoms with van der Waals surface area (Å²) < 4.78 is 32.5. The molecular formula is C16H12F2O4. The quantitative estimate of drug-likeness (QED) is 0.878. The lowest BCUT2D eigenvalue weighted by molar-refractivity contribution is 0.0520. The van der Waals surface area contributed by atoms with E-state index in [9.17, 15) is 18.4 Å². The van der Waals surface area contributed by atoms with Crippen LogP contribution in [-0.4, -0.2) is 23.7 Å². The number of aromatic carboxylic acids is 1. The second-order valence-electron chi connectivity index (χ2n) is 4.41. The highest BCUT2D eigenvalue weighted by molar-refractivity contribution is 5.91. The second-order valence-corrected chi connectivity index (χ2v) is 4.41. The molecule has 0 amide bonds. The number of rotatable bonds is 4. The Morgan fingerprint density at radius 2 is 1.82 bits per heavy atom. The van der Waals surface area contributed by atoms with Crippen LogP contribution in [0.1, 0.15) is 27.6 Å². The number of carbonyl (C=O) groups is 2. The highest BCUT2D eigenvalue weighted by Crippen LogP contribution is 2.26. The monoisotopic (exact) mass is 306 g/mol. The number of carboxylic acids is 1. The molecule has 0 bridgehead atoms. The minimum atomic E-state index is -1.22. The summed E-state index contributed by atoms with van der Waals surface area (Å²) in [5.41, 5.74) is -0.313. The summed E-state index contributed by atoms with van der Waals surface area (Å²) in [5.74, 6) is -3.58. The van der Waals surface area contributed by atoms with Crippen LogP contribution >= 0.6 is 0 Å². The van der Waals surface area contributed by atoms with Crippen LogP contribution in [0.5, 0.6) is 0 Å². The predicted molar refractivity (Wildman–Crippen MR) is 74.7 cm³/mol. The molecule has 0 atom stereocenters. The summed E-state index contributed by atoms with van der Waals surface area (Å²) in [6, 6.07) is 6.70. The molecule has 0 aliphatic rings. The number of carbonyl (C=O) groups excluding carboxylic acids is 1. The van der Waals surface area contributed by atoms with Crippen molar-refractivity contribution in [2.75, 3.05) is 6.61 Å². The van der Waals surface area contributed by atoms with Gasteiger partial charge < -0.3 is 9.84 Å². The fraction of sp³-hybridized carbons (Fsp3) is 0.125. The Hall–Kier alpha value is -2.76. The van der Waals surface area contributed by atoms with E-state index in [1.165, 1.54) is 12.1 Å². The second kappa shape index (κ2) is 6.34. The Balaban J connectivity index is 2.46. The fourth-order valence-electron chi connectivity index (χ4n) is 1.94. The number of esters is 1. The maximum absolute atomic E-state index is 14.0. The van der Waals surface area contributed by atoms with E-state index in [0.717, 1.165) is 24.3 Å². The van der Waals surface area contributed by atoms with Gasteiger partial charge in [-0.2, -0.15) is 0 Å². The minimum absolute atomic E-state index is 0.0609. The molecule has 114 valence electrons. The number of ether oxygens (including phenoxy) is 1. The summed E-state index contributed by atoms with van der Waals surface area (Å²) in [6.45, 7) is 1.70. The third kappa shape index (κ3) is 3.11. The van der Waals surface area contributed by atoms with Crippen LogP contribution in [-0.2, 0) is 4.74 Å². The molecule has 0 saturated carbocycles. The molecule has 2 aromatic carbocycles. The van der Waals surface area contributed by atoms with Gasteiger partial charge in [-0.25, -0.2) is 18.4 Å². The molecule has 2 rings (SSSR count). The standard InChI is InChI=1S/C16H12F2O4/c1-2-22-16(21)11-5-3-9(8-14(11)18)12-7-10(15(19)20)4-6-13(12)17/h3-8H,2H2,1H3,(H,19,20). The van der Waals surface area contributed by atoms with E-state index >= 15 is 0 Å². The van der Waals surface area contributed by atoms with Crippen molar-refractivity contribution >= 4 is 11.9 Å². The lowest BCUT2D eigenvalue weighted by atomic mass is 10.0. The average Bonchev–Trinajstić information content (AvgIpc) is 2.47. The van der Waals surface area contributed by atoms with Crippen molar-refractivity contribution in [3.05, 3.63) is 59.2 Å². The van der Waals surface area contributed by atoms with Gasteiger partial charge in [0.15, 0.2) is 0 Å². The van der Waals surface area contributed by atoms with E-state index in [0.29, 0.717) is 0 Å². The summed E-state index contributed by atoms with van der Waals surface area (Å²) in [4.78, 5) is 22.4. The summed E-state index contributed by atoms with van der Waals surface area (Å²) in [5, 5.41) is 8.92. The van der Waals surface area contributed by atoms with Gasteiger partial charge in [0.1, 0.15) is 11.6 Å². The molecule has 22 heavy (non-hydrogen) atoms. The molecule has 0 heterocycles. The lowest BCUT2D eigenvalue weighted by Crippen LogP contribution is -2.07. The number of hydrogen-bond acceptors (Lipinski definition) is 3. The van der Waals surface area contributed by atoms with Crippen molar-refractivity contribution in [1.29, 1.82) is 0 Å². The Kier molecular flexibility index (Phi) is 4.50. The van der Waals surface area contributed by atoms with Crippen LogP contribution in [0, 0.1) is 11.6 Å². The van der Waals surface area contributed by atoms with E-state index in [1.807, 2.05) is 0 Å². The van der Waals surface area contributed by atoms with E-state index in [4.69, 9.17) is 9.84 Å². The number of hydrogen-bond donors (Lipinski definition) is 1. The van der Waals surface area contributed by atoms with Crippen molar-refractivity contribution in [3.8, 4) is 11.1 Å². The predicted octanol–water partition coefficient (Wildman–Crippen LogP) is 3.51. The summed E-state index contributed by atoms with van der Waals surface area (Å²) >= 11 is 0. The van der Waals surface area contributed by atoms with E-state index in [-0.39, 0.29) is 28.9 Å². The van der Waals surface area contributed by atoms with Crippen LogP contribution < -0.4 is 0 Å². The van der Waals surface area contributed by atoms with Gasteiger partial charge in [-0.05, 0) is 42.8 Å². The van der Waals surface area contributed by atoms with Crippen molar-refractivity contribution < 1.29 is 28.2 Å². The van der Waals surface area contributed by atoms with Gasteiger partial charge in [0.05, 0.1) is 17.7 Å². The molecule has 6 heteroatoms. The molecule has 0 aromatic heterocycles. The molecule has 0 fully saturated rings. The number of benzene rings is 2. The van der Waals surface area contributed by atoms with Gasteiger partial charge in [-0.3, -0.25) is 0 Å². The van der Waals surface area contributed by atoms with Gasteiger partial charge in [0.25, 0.3) is 0 Å². The minimum Gasteiger partial charge on any atom is -0.478 e. The molecule has 0 saturated heterocycles. The van der Waals surface area contributed by atoms with Crippen molar-refractivity contribution in [2.45, 2.75) is 6.92 Å². The van der Waals surface area contributed by atoms with Crippen LogP contribution in [0.2, 0.25) is 0 Å². The van der Waals surface area contributed by atoms with Gasteiger partial charge in [0.2, 0.25) is 0 Å². The zero-order chi connectivity index (χ0) is 16.3. The molecule has 0 aliphatic heterocycles. The smallest absolute Gasteiger partial charge is 0.341 e. The van der Waals surface area contributed by atoms with Gasteiger partial charge in [-0.15, -0.1) is 0 Å². The van der Waals surface area contributed by atoms with E-state index in [2.05, 4.69) is 0 Å².